The number of piperidine rings is 1. The van der Waals surface area contributed by atoms with E-state index >= 15 is 0 Å². The number of pyridine rings is 1. The van der Waals surface area contributed by atoms with Crippen molar-refractivity contribution in [3.63, 3.8) is 0 Å². The third-order valence-corrected chi connectivity index (χ3v) is 5.73. The molecule has 0 radical (unpaired) electrons. The van der Waals surface area contributed by atoms with E-state index in [1.54, 1.807) is 0 Å². The van der Waals surface area contributed by atoms with E-state index in [1.807, 2.05) is 17.9 Å². The van der Waals surface area contributed by atoms with Gasteiger partial charge in [-0.05, 0) is 63.0 Å². The van der Waals surface area contributed by atoms with Crippen molar-refractivity contribution in [3.8, 4) is 0 Å². The lowest BCUT2D eigenvalue weighted by atomic mass is 9.95. The molecule has 0 unspecified atom stereocenters. The molecule has 1 amide bonds. The summed E-state index contributed by atoms with van der Waals surface area (Å²) >= 11 is 0. The predicted molar refractivity (Wildman–Crippen MR) is 100 cm³/mol. The van der Waals surface area contributed by atoms with Crippen LogP contribution in [0.1, 0.15) is 62.7 Å². The molecule has 2 aliphatic rings. The lowest BCUT2D eigenvalue weighted by Crippen LogP contribution is -2.42. The molecule has 0 bridgehead atoms. The topological polar surface area (TPSA) is 68.1 Å². The van der Waals surface area contributed by atoms with E-state index in [-0.39, 0.29) is 11.5 Å². The normalized spacial score (nSPS) is 18.6. The number of amides is 1. The molecule has 6 heteroatoms. The van der Waals surface area contributed by atoms with E-state index in [0.717, 1.165) is 62.9 Å². The summed E-state index contributed by atoms with van der Waals surface area (Å²) in [7, 11) is 0. The first-order chi connectivity index (χ1) is 12.7. The summed E-state index contributed by atoms with van der Waals surface area (Å²) in [4.78, 5) is 37.0. The summed E-state index contributed by atoms with van der Waals surface area (Å²) in [6, 6.07) is 1.48. The second-order valence-corrected chi connectivity index (χ2v) is 7.44. The fourth-order valence-electron chi connectivity index (χ4n) is 4.22. The SMILES string of the molecule is CC[C@H](C(=O)N1CCCCC1)n1cnc2nc3c(cc2c1=O)CCCC3. The molecule has 2 aromatic rings. The molecule has 1 fully saturated rings. The molecule has 0 saturated carbocycles. The predicted octanol–water partition coefficient (Wildman–Crippen LogP) is 2.63. The Kier molecular flexibility index (Phi) is 4.74. The van der Waals surface area contributed by atoms with Crippen molar-refractivity contribution in [1.29, 1.82) is 0 Å². The van der Waals surface area contributed by atoms with E-state index in [2.05, 4.69) is 9.97 Å². The largest absolute Gasteiger partial charge is 0.341 e. The maximum Gasteiger partial charge on any atom is 0.263 e. The number of hydrogen-bond acceptors (Lipinski definition) is 4. The Morgan fingerprint density at radius 3 is 2.69 bits per heavy atom. The second kappa shape index (κ2) is 7.17. The molecule has 138 valence electrons. The van der Waals surface area contributed by atoms with Gasteiger partial charge in [0, 0.05) is 18.8 Å². The Morgan fingerprint density at radius 1 is 1.15 bits per heavy atom. The Bertz CT molecular complexity index is 883. The van der Waals surface area contributed by atoms with E-state index in [9.17, 15) is 9.59 Å². The van der Waals surface area contributed by atoms with Crippen LogP contribution in [0, 0.1) is 0 Å². The van der Waals surface area contributed by atoms with Gasteiger partial charge in [-0.3, -0.25) is 14.2 Å². The van der Waals surface area contributed by atoms with Crippen LogP contribution in [0.5, 0.6) is 0 Å². The molecule has 0 spiro atoms. The first kappa shape index (κ1) is 17.2. The van der Waals surface area contributed by atoms with Crippen molar-refractivity contribution in [3.05, 3.63) is 34.0 Å². The highest BCUT2D eigenvalue weighted by Gasteiger charge is 2.27. The molecular formula is C20H26N4O2. The van der Waals surface area contributed by atoms with Gasteiger partial charge in [0.2, 0.25) is 5.91 Å². The van der Waals surface area contributed by atoms with Crippen LogP contribution in [-0.4, -0.2) is 38.4 Å². The number of aryl methyl sites for hydroxylation is 2. The monoisotopic (exact) mass is 354 g/mol. The van der Waals surface area contributed by atoms with Crippen molar-refractivity contribution in [1.82, 2.24) is 19.4 Å². The number of rotatable bonds is 3. The van der Waals surface area contributed by atoms with E-state index in [0.29, 0.717) is 17.5 Å². The number of fused-ring (bicyclic) bond motifs is 2. The summed E-state index contributed by atoms with van der Waals surface area (Å²) < 4.78 is 1.52. The lowest BCUT2D eigenvalue weighted by molar-refractivity contribution is -0.135. The maximum atomic E-state index is 13.1. The Labute approximate surface area is 153 Å². The first-order valence-electron chi connectivity index (χ1n) is 9.87. The van der Waals surface area contributed by atoms with Crippen molar-refractivity contribution in [2.24, 2.45) is 0 Å². The van der Waals surface area contributed by atoms with Gasteiger partial charge >= 0.3 is 0 Å². The van der Waals surface area contributed by atoms with Gasteiger partial charge in [-0.2, -0.15) is 0 Å². The number of carbonyl (C=O) groups excluding carboxylic acids is 1. The summed E-state index contributed by atoms with van der Waals surface area (Å²) in [6.45, 7) is 3.54. The van der Waals surface area contributed by atoms with Crippen LogP contribution in [0.4, 0.5) is 0 Å². The number of nitrogens with zero attached hydrogens (tertiary/aromatic N) is 4. The average molecular weight is 354 g/mol. The van der Waals surface area contributed by atoms with Gasteiger partial charge < -0.3 is 4.90 Å². The highest BCUT2D eigenvalue weighted by Crippen LogP contribution is 2.23. The van der Waals surface area contributed by atoms with Crippen molar-refractivity contribution in [2.75, 3.05) is 13.1 Å². The smallest absolute Gasteiger partial charge is 0.263 e. The van der Waals surface area contributed by atoms with Crippen LogP contribution in [-0.2, 0) is 17.6 Å². The van der Waals surface area contributed by atoms with Crippen molar-refractivity contribution < 1.29 is 4.79 Å². The van der Waals surface area contributed by atoms with Crippen LogP contribution in [0.3, 0.4) is 0 Å². The highest BCUT2D eigenvalue weighted by atomic mass is 16.2. The number of hydrogen-bond donors (Lipinski definition) is 0. The quantitative estimate of drug-likeness (QED) is 0.850. The molecule has 2 aromatic heterocycles. The fraction of sp³-hybridized carbons (Fsp3) is 0.600. The summed E-state index contributed by atoms with van der Waals surface area (Å²) in [6.07, 6.45) is 9.58. The lowest BCUT2D eigenvalue weighted by Gasteiger charge is -2.30. The minimum atomic E-state index is -0.478. The van der Waals surface area contributed by atoms with Crippen LogP contribution < -0.4 is 5.56 Å². The third-order valence-electron chi connectivity index (χ3n) is 5.73. The maximum absolute atomic E-state index is 13.1. The van der Waals surface area contributed by atoms with Gasteiger partial charge in [0.05, 0.1) is 5.39 Å². The van der Waals surface area contributed by atoms with E-state index in [1.165, 1.54) is 17.3 Å². The molecule has 4 rings (SSSR count). The van der Waals surface area contributed by atoms with Crippen LogP contribution >= 0.6 is 0 Å². The Morgan fingerprint density at radius 2 is 1.92 bits per heavy atom. The Balaban J connectivity index is 1.73. The number of likely N-dealkylation sites (tertiary alicyclic amines) is 1. The van der Waals surface area contributed by atoms with Crippen LogP contribution in [0.25, 0.3) is 11.0 Å². The number of carbonyl (C=O) groups is 1. The summed E-state index contributed by atoms with van der Waals surface area (Å²) in [5.74, 6) is 0.0429. The van der Waals surface area contributed by atoms with Gasteiger partial charge in [0.1, 0.15) is 12.4 Å². The minimum Gasteiger partial charge on any atom is -0.341 e. The molecule has 0 aromatic carbocycles. The zero-order valence-corrected chi connectivity index (χ0v) is 15.4. The molecule has 6 nitrogen and oxygen atoms in total. The molecule has 3 heterocycles. The van der Waals surface area contributed by atoms with Crippen LogP contribution in [0.15, 0.2) is 17.2 Å². The van der Waals surface area contributed by atoms with Gasteiger partial charge in [-0.25, -0.2) is 9.97 Å². The summed E-state index contributed by atoms with van der Waals surface area (Å²) in [5.41, 5.74) is 2.60. The zero-order valence-electron chi connectivity index (χ0n) is 15.4. The van der Waals surface area contributed by atoms with Crippen molar-refractivity contribution in [2.45, 2.75) is 64.3 Å². The first-order valence-corrected chi connectivity index (χ1v) is 9.87. The molecule has 26 heavy (non-hydrogen) atoms. The second-order valence-electron chi connectivity index (χ2n) is 7.44. The van der Waals surface area contributed by atoms with Gasteiger partial charge in [0.25, 0.3) is 5.56 Å². The standard InChI is InChI=1S/C20H26N4O2/c1-2-17(20(26)23-10-6-3-7-11-23)24-13-21-18-15(19(24)25)12-14-8-4-5-9-16(14)22-18/h12-13,17H,2-11H2,1H3/t17-/m1/s1. The molecule has 1 atom stereocenters. The third kappa shape index (κ3) is 3.02. The van der Waals surface area contributed by atoms with E-state index < -0.39 is 6.04 Å². The molecule has 1 aliphatic heterocycles. The molecule has 1 saturated heterocycles. The van der Waals surface area contributed by atoms with Gasteiger partial charge in [-0.1, -0.05) is 6.92 Å². The Hall–Kier alpha value is -2.24. The van der Waals surface area contributed by atoms with E-state index in [4.69, 9.17) is 0 Å². The molecule has 0 N–H and O–H groups in total. The highest BCUT2D eigenvalue weighted by molar-refractivity contribution is 5.81. The average Bonchev–Trinajstić information content (AvgIpc) is 2.69. The fourth-order valence-corrected chi connectivity index (χ4v) is 4.22. The number of aromatic nitrogens is 3. The summed E-state index contributed by atoms with van der Waals surface area (Å²) in [5, 5.41) is 0.540. The van der Waals surface area contributed by atoms with Crippen LogP contribution in [0.2, 0.25) is 0 Å². The van der Waals surface area contributed by atoms with Gasteiger partial charge in [-0.15, -0.1) is 0 Å². The molecule has 1 aliphatic carbocycles. The zero-order chi connectivity index (χ0) is 18.1. The van der Waals surface area contributed by atoms with Crippen molar-refractivity contribution >= 4 is 16.9 Å². The minimum absolute atomic E-state index is 0.0429. The van der Waals surface area contributed by atoms with Gasteiger partial charge in [0.15, 0.2) is 5.65 Å². The molecular weight excluding hydrogens is 328 g/mol.